The van der Waals surface area contributed by atoms with E-state index in [4.69, 9.17) is 15.2 Å². The zero-order valence-electron chi connectivity index (χ0n) is 14.8. The Kier molecular flexibility index (Phi) is 8.45. The largest absolute Gasteiger partial charge is 0.495 e. The van der Waals surface area contributed by atoms with Crippen LogP contribution in [-0.4, -0.2) is 25.4 Å². The number of amides is 1. The lowest BCUT2D eigenvalue weighted by molar-refractivity contribution is -0.116. The number of nitrogen functional groups attached to an aromatic ring is 1. The molecule has 2 aromatic carbocycles. The molecule has 0 aromatic heterocycles. The number of rotatable bonds is 8. The number of halogens is 1. The fourth-order valence-corrected chi connectivity index (χ4v) is 2.24. The van der Waals surface area contributed by atoms with Gasteiger partial charge in [-0.25, -0.2) is 0 Å². The van der Waals surface area contributed by atoms with Gasteiger partial charge in [-0.15, -0.1) is 12.4 Å². The number of nitrogens with two attached hydrogens (primary N) is 1. The lowest BCUT2D eigenvalue weighted by atomic mass is 10.1. The van der Waals surface area contributed by atoms with Crippen LogP contribution in [0, 0.1) is 0 Å². The van der Waals surface area contributed by atoms with Gasteiger partial charge in [-0.3, -0.25) is 9.59 Å². The van der Waals surface area contributed by atoms with Gasteiger partial charge in [0, 0.05) is 17.7 Å². The van der Waals surface area contributed by atoms with Gasteiger partial charge in [-0.2, -0.15) is 0 Å². The smallest absolute Gasteiger partial charge is 0.224 e. The molecule has 3 N–H and O–H groups in total. The lowest BCUT2D eigenvalue weighted by Gasteiger charge is -2.09. The molecule has 2 rings (SSSR count). The zero-order valence-corrected chi connectivity index (χ0v) is 15.6. The van der Waals surface area contributed by atoms with Gasteiger partial charge in [0.2, 0.25) is 5.91 Å². The molecule has 0 fully saturated rings. The van der Waals surface area contributed by atoms with Crippen molar-refractivity contribution in [3.05, 3.63) is 48.0 Å². The van der Waals surface area contributed by atoms with Gasteiger partial charge < -0.3 is 20.5 Å². The summed E-state index contributed by atoms with van der Waals surface area (Å²) >= 11 is 0. The lowest BCUT2D eigenvalue weighted by Crippen LogP contribution is -2.13. The van der Waals surface area contributed by atoms with E-state index < -0.39 is 0 Å². The van der Waals surface area contributed by atoms with E-state index in [1.54, 1.807) is 42.5 Å². The number of benzene rings is 2. The van der Waals surface area contributed by atoms with Crippen LogP contribution in [0.5, 0.6) is 11.5 Å². The Labute approximate surface area is 159 Å². The molecule has 140 valence electrons. The number of hydrogen-bond donors (Lipinski definition) is 2. The van der Waals surface area contributed by atoms with Crippen LogP contribution in [0.25, 0.3) is 0 Å². The van der Waals surface area contributed by atoms with E-state index in [1.807, 2.05) is 0 Å². The molecular formula is C19H23ClN2O4. The number of ketones is 1. The quantitative estimate of drug-likeness (QED) is 0.415. The predicted molar refractivity (Wildman–Crippen MR) is 104 cm³/mol. The highest BCUT2D eigenvalue weighted by Gasteiger charge is 2.06. The topological polar surface area (TPSA) is 90.6 Å². The van der Waals surface area contributed by atoms with Gasteiger partial charge in [0.15, 0.2) is 5.78 Å². The number of nitrogens with one attached hydrogen (secondary N) is 1. The van der Waals surface area contributed by atoms with E-state index in [0.29, 0.717) is 47.9 Å². The SMILES string of the molecule is COc1ccc(NC(=O)CCCOc2ccc(C(C)=O)cc2)cc1N.Cl. The van der Waals surface area contributed by atoms with E-state index in [1.165, 1.54) is 14.0 Å². The number of ether oxygens (including phenoxy) is 2. The minimum absolute atomic E-state index is 0. The maximum atomic E-state index is 11.9. The highest BCUT2D eigenvalue weighted by atomic mass is 35.5. The second kappa shape index (κ2) is 10.3. The van der Waals surface area contributed by atoms with Crippen LogP contribution < -0.4 is 20.5 Å². The molecule has 0 spiro atoms. The Balaban J connectivity index is 0.00000338. The maximum absolute atomic E-state index is 11.9. The first-order valence-electron chi connectivity index (χ1n) is 7.97. The van der Waals surface area contributed by atoms with Gasteiger partial charge in [0.1, 0.15) is 11.5 Å². The molecule has 0 radical (unpaired) electrons. The summed E-state index contributed by atoms with van der Waals surface area (Å²) in [7, 11) is 1.54. The Bertz CT molecular complexity index is 748. The Hall–Kier alpha value is -2.73. The molecule has 1 amide bonds. The maximum Gasteiger partial charge on any atom is 0.224 e. The molecule has 7 heteroatoms. The first-order valence-corrected chi connectivity index (χ1v) is 7.97. The Morgan fingerprint density at radius 2 is 1.81 bits per heavy atom. The Morgan fingerprint density at radius 1 is 1.12 bits per heavy atom. The second-order valence-corrected chi connectivity index (χ2v) is 5.54. The van der Waals surface area contributed by atoms with E-state index in [9.17, 15) is 9.59 Å². The molecule has 0 aliphatic heterocycles. The summed E-state index contributed by atoms with van der Waals surface area (Å²) in [5.74, 6) is 1.15. The van der Waals surface area contributed by atoms with Gasteiger partial charge in [-0.1, -0.05) is 0 Å². The molecule has 0 unspecified atom stereocenters. The van der Waals surface area contributed by atoms with E-state index in [2.05, 4.69) is 5.32 Å². The van der Waals surface area contributed by atoms with Crippen molar-refractivity contribution in [3.63, 3.8) is 0 Å². The summed E-state index contributed by atoms with van der Waals surface area (Å²) in [4.78, 5) is 23.1. The summed E-state index contributed by atoms with van der Waals surface area (Å²) in [6.45, 7) is 1.93. The summed E-state index contributed by atoms with van der Waals surface area (Å²) in [6, 6.07) is 12.0. The number of hydrogen-bond acceptors (Lipinski definition) is 5. The highest BCUT2D eigenvalue weighted by molar-refractivity contribution is 5.94. The van der Waals surface area contributed by atoms with Gasteiger partial charge in [-0.05, 0) is 55.8 Å². The van der Waals surface area contributed by atoms with Crippen molar-refractivity contribution < 1.29 is 19.1 Å². The van der Waals surface area contributed by atoms with E-state index in [0.717, 1.165) is 0 Å². The monoisotopic (exact) mass is 378 g/mol. The van der Waals surface area contributed by atoms with Crippen molar-refractivity contribution in [2.45, 2.75) is 19.8 Å². The average molecular weight is 379 g/mol. The van der Waals surface area contributed by atoms with E-state index >= 15 is 0 Å². The molecule has 6 nitrogen and oxygen atoms in total. The van der Waals surface area contributed by atoms with Crippen LogP contribution in [0.4, 0.5) is 11.4 Å². The molecule has 0 bridgehead atoms. The first-order chi connectivity index (χ1) is 12.0. The van der Waals surface area contributed by atoms with Crippen LogP contribution in [0.2, 0.25) is 0 Å². The van der Waals surface area contributed by atoms with Crippen LogP contribution in [-0.2, 0) is 4.79 Å². The summed E-state index contributed by atoms with van der Waals surface area (Å²) in [5.41, 5.74) is 7.55. The molecule has 0 saturated heterocycles. The summed E-state index contributed by atoms with van der Waals surface area (Å²) < 4.78 is 10.6. The molecule has 0 heterocycles. The number of methoxy groups -OCH3 is 1. The summed E-state index contributed by atoms with van der Waals surface area (Å²) in [5, 5.41) is 2.79. The number of carbonyl (C=O) groups is 2. The fourth-order valence-electron chi connectivity index (χ4n) is 2.24. The summed E-state index contributed by atoms with van der Waals surface area (Å²) in [6.07, 6.45) is 0.906. The fraction of sp³-hybridized carbons (Fsp3) is 0.263. The molecule has 0 aliphatic rings. The van der Waals surface area contributed by atoms with Crippen molar-refractivity contribution in [1.29, 1.82) is 0 Å². The highest BCUT2D eigenvalue weighted by Crippen LogP contribution is 2.24. The van der Waals surface area contributed by atoms with Crippen LogP contribution in [0.15, 0.2) is 42.5 Å². The van der Waals surface area contributed by atoms with Gasteiger partial charge in [0.05, 0.1) is 19.4 Å². The second-order valence-electron chi connectivity index (χ2n) is 5.54. The molecule has 0 atom stereocenters. The molecule has 26 heavy (non-hydrogen) atoms. The average Bonchev–Trinajstić information content (AvgIpc) is 2.59. The minimum atomic E-state index is -0.111. The van der Waals surface area contributed by atoms with E-state index in [-0.39, 0.29) is 24.1 Å². The van der Waals surface area contributed by atoms with Crippen molar-refractivity contribution >= 4 is 35.5 Å². The van der Waals surface area contributed by atoms with Gasteiger partial charge in [0.25, 0.3) is 0 Å². The molecule has 2 aromatic rings. The third-order valence-electron chi connectivity index (χ3n) is 3.59. The molecule has 0 aliphatic carbocycles. The molecular weight excluding hydrogens is 356 g/mol. The number of Topliss-reactive ketones (excluding diaryl/α,β-unsaturated/α-hetero) is 1. The standard InChI is InChI=1S/C19H22N2O4.ClH/c1-13(22)14-5-8-16(9-6-14)25-11-3-4-19(23)21-15-7-10-18(24-2)17(20)12-15;/h5-10,12H,3-4,11,20H2,1-2H3,(H,21,23);1H. The Morgan fingerprint density at radius 3 is 2.38 bits per heavy atom. The number of anilines is 2. The predicted octanol–water partition coefficient (Wildman–Crippen LogP) is 3.70. The third kappa shape index (κ3) is 6.29. The van der Waals surface area contributed by atoms with Crippen molar-refractivity contribution in [1.82, 2.24) is 0 Å². The van der Waals surface area contributed by atoms with Crippen LogP contribution in [0.1, 0.15) is 30.1 Å². The van der Waals surface area contributed by atoms with Crippen LogP contribution >= 0.6 is 12.4 Å². The van der Waals surface area contributed by atoms with Crippen LogP contribution in [0.3, 0.4) is 0 Å². The number of carbonyl (C=O) groups excluding carboxylic acids is 2. The molecule has 0 saturated carbocycles. The van der Waals surface area contributed by atoms with Crippen molar-refractivity contribution in [2.24, 2.45) is 0 Å². The zero-order chi connectivity index (χ0) is 18.2. The van der Waals surface area contributed by atoms with Crippen molar-refractivity contribution in [3.8, 4) is 11.5 Å². The van der Waals surface area contributed by atoms with Crippen molar-refractivity contribution in [2.75, 3.05) is 24.8 Å². The third-order valence-corrected chi connectivity index (χ3v) is 3.59. The normalized spacial score (nSPS) is 9.77. The minimum Gasteiger partial charge on any atom is -0.495 e. The first kappa shape index (κ1) is 21.3. The van der Waals surface area contributed by atoms with Gasteiger partial charge >= 0.3 is 0 Å².